The minimum atomic E-state index is -0.395. The van der Waals surface area contributed by atoms with E-state index in [1.54, 1.807) is 6.92 Å². The van der Waals surface area contributed by atoms with Crippen LogP contribution in [0, 0.1) is 0 Å². The third-order valence-electron chi connectivity index (χ3n) is 4.80. The van der Waals surface area contributed by atoms with E-state index in [0.29, 0.717) is 5.57 Å². The van der Waals surface area contributed by atoms with Gasteiger partial charge in [0.15, 0.2) is 0 Å². The molecule has 0 aromatic heterocycles. The van der Waals surface area contributed by atoms with E-state index in [9.17, 15) is 4.79 Å². The standard InChI is InChI=1S/C25H28O3/c1-16(2)24(26)28-17(3)15-27-23-21-10-8-7-9-18(21)13-19-11-12-20(14-22(19)23)25(4,5)6/h7-14,17H,1,15H2,2-6H3. The average Bonchev–Trinajstić information content (AvgIpc) is 2.63. The maximum atomic E-state index is 11.8. The molecule has 0 spiro atoms. The highest BCUT2D eigenvalue weighted by Crippen LogP contribution is 2.37. The molecule has 3 aromatic carbocycles. The van der Waals surface area contributed by atoms with Crippen molar-refractivity contribution in [1.82, 2.24) is 0 Å². The maximum absolute atomic E-state index is 11.8. The first kappa shape index (κ1) is 19.9. The summed E-state index contributed by atoms with van der Waals surface area (Å²) in [5.74, 6) is 0.436. The van der Waals surface area contributed by atoms with E-state index in [0.717, 1.165) is 27.3 Å². The van der Waals surface area contributed by atoms with Gasteiger partial charge in [0.05, 0.1) is 0 Å². The molecule has 0 N–H and O–H groups in total. The number of hydrogen-bond acceptors (Lipinski definition) is 3. The number of hydrogen-bond donors (Lipinski definition) is 0. The number of carbonyl (C=O) groups is 1. The molecule has 1 atom stereocenters. The van der Waals surface area contributed by atoms with Crippen molar-refractivity contribution >= 4 is 27.5 Å². The molecule has 0 fully saturated rings. The van der Waals surface area contributed by atoms with E-state index in [1.807, 2.05) is 19.1 Å². The highest BCUT2D eigenvalue weighted by Gasteiger charge is 2.18. The van der Waals surface area contributed by atoms with Crippen LogP contribution in [0.2, 0.25) is 0 Å². The molecule has 28 heavy (non-hydrogen) atoms. The predicted molar refractivity (Wildman–Crippen MR) is 116 cm³/mol. The predicted octanol–water partition coefficient (Wildman–Crippen LogP) is 6.18. The number of fused-ring (bicyclic) bond motifs is 2. The lowest BCUT2D eigenvalue weighted by Crippen LogP contribution is -2.22. The van der Waals surface area contributed by atoms with Crippen molar-refractivity contribution in [3.05, 3.63) is 66.2 Å². The van der Waals surface area contributed by atoms with Gasteiger partial charge in [-0.3, -0.25) is 0 Å². The molecule has 0 bridgehead atoms. The van der Waals surface area contributed by atoms with Gasteiger partial charge < -0.3 is 9.47 Å². The molecule has 3 aromatic rings. The summed E-state index contributed by atoms with van der Waals surface area (Å²) >= 11 is 0. The first-order valence-electron chi connectivity index (χ1n) is 9.62. The van der Waals surface area contributed by atoms with E-state index in [-0.39, 0.29) is 18.1 Å². The molecule has 0 radical (unpaired) electrons. The molecule has 3 heteroatoms. The largest absolute Gasteiger partial charge is 0.488 e. The molecule has 146 valence electrons. The molecule has 0 aliphatic heterocycles. The second-order valence-corrected chi connectivity index (χ2v) is 8.42. The van der Waals surface area contributed by atoms with Crippen molar-refractivity contribution < 1.29 is 14.3 Å². The van der Waals surface area contributed by atoms with Gasteiger partial charge in [-0.1, -0.05) is 63.7 Å². The van der Waals surface area contributed by atoms with E-state index < -0.39 is 5.97 Å². The molecule has 0 aliphatic rings. The minimum Gasteiger partial charge on any atom is -0.488 e. The zero-order valence-electron chi connectivity index (χ0n) is 17.3. The Morgan fingerprint density at radius 1 is 1.04 bits per heavy atom. The average molecular weight is 376 g/mol. The number of esters is 1. The smallest absolute Gasteiger partial charge is 0.333 e. The second kappa shape index (κ2) is 7.67. The Kier molecular flexibility index (Phi) is 5.46. The number of benzene rings is 3. The summed E-state index contributed by atoms with van der Waals surface area (Å²) in [7, 11) is 0. The Hall–Kier alpha value is -2.81. The molecule has 0 aliphatic carbocycles. The Labute approximate surface area is 167 Å². The minimum absolute atomic E-state index is 0.0431. The fourth-order valence-corrected chi connectivity index (χ4v) is 3.16. The first-order chi connectivity index (χ1) is 13.2. The van der Waals surface area contributed by atoms with Gasteiger partial charge in [0.25, 0.3) is 0 Å². The number of carbonyl (C=O) groups excluding carboxylic acids is 1. The van der Waals surface area contributed by atoms with Crippen LogP contribution in [0.25, 0.3) is 21.5 Å². The molecular weight excluding hydrogens is 348 g/mol. The lowest BCUT2D eigenvalue weighted by atomic mass is 9.85. The summed E-state index contributed by atoms with van der Waals surface area (Å²) in [5, 5.41) is 4.39. The normalized spacial score (nSPS) is 12.8. The van der Waals surface area contributed by atoms with Crippen molar-refractivity contribution in [2.45, 2.75) is 46.1 Å². The maximum Gasteiger partial charge on any atom is 0.333 e. The third-order valence-corrected chi connectivity index (χ3v) is 4.80. The van der Waals surface area contributed by atoms with Crippen molar-refractivity contribution in [3.8, 4) is 5.75 Å². The molecule has 0 heterocycles. The van der Waals surface area contributed by atoms with Crippen LogP contribution >= 0.6 is 0 Å². The van der Waals surface area contributed by atoms with E-state index in [4.69, 9.17) is 9.47 Å². The molecule has 0 saturated heterocycles. The van der Waals surface area contributed by atoms with Crippen LogP contribution < -0.4 is 4.74 Å². The first-order valence-corrected chi connectivity index (χ1v) is 9.62. The van der Waals surface area contributed by atoms with E-state index in [1.165, 1.54) is 5.56 Å². The Bertz CT molecular complexity index is 1040. The van der Waals surface area contributed by atoms with Crippen LogP contribution in [0.1, 0.15) is 40.2 Å². The van der Waals surface area contributed by atoms with Crippen LogP contribution in [-0.2, 0) is 14.9 Å². The monoisotopic (exact) mass is 376 g/mol. The van der Waals surface area contributed by atoms with Gasteiger partial charge in [0, 0.05) is 16.3 Å². The van der Waals surface area contributed by atoms with Gasteiger partial charge in [0.2, 0.25) is 0 Å². The molecular formula is C25H28O3. The highest BCUT2D eigenvalue weighted by atomic mass is 16.6. The summed E-state index contributed by atoms with van der Waals surface area (Å²) in [6.45, 7) is 14.0. The molecule has 3 nitrogen and oxygen atoms in total. The summed E-state index contributed by atoms with van der Waals surface area (Å²) in [6, 6.07) is 16.9. The lowest BCUT2D eigenvalue weighted by Gasteiger charge is -2.21. The van der Waals surface area contributed by atoms with E-state index in [2.05, 4.69) is 63.7 Å². The van der Waals surface area contributed by atoms with Gasteiger partial charge in [-0.15, -0.1) is 0 Å². The van der Waals surface area contributed by atoms with Crippen LogP contribution in [0.3, 0.4) is 0 Å². The zero-order chi connectivity index (χ0) is 20.5. The molecule has 3 rings (SSSR count). The van der Waals surface area contributed by atoms with Gasteiger partial charge >= 0.3 is 5.97 Å². The Morgan fingerprint density at radius 3 is 2.39 bits per heavy atom. The SMILES string of the molecule is C=C(C)C(=O)OC(C)COc1c2ccccc2cc2ccc(C(C)(C)C)cc12. The van der Waals surface area contributed by atoms with Gasteiger partial charge in [-0.2, -0.15) is 0 Å². The fraction of sp³-hybridized carbons (Fsp3) is 0.320. The molecule has 0 amide bonds. The van der Waals surface area contributed by atoms with Gasteiger partial charge in [0.1, 0.15) is 18.5 Å². The Balaban J connectivity index is 2.03. The third kappa shape index (κ3) is 4.19. The quantitative estimate of drug-likeness (QED) is 0.303. The second-order valence-electron chi connectivity index (χ2n) is 8.42. The number of ether oxygens (including phenoxy) is 2. The Morgan fingerprint density at radius 2 is 1.71 bits per heavy atom. The number of rotatable bonds is 5. The highest BCUT2D eigenvalue weighted by molar-refractivity contribution is 6.05. The van der Waals surface area contributed by atoms with Crippen molar-refractivity contribution in [2.24, 2.45) is 0 Å². The lowest BCUT2D eigenvalue weighted by molar-refractivity contribution is -0.144. The van der Waals surface area contributed by atoms with Crippen LogP contribution in [0.5, 0.6) is 5.75 Å². The summed E-state index contributed by atoms with van der Waals surface area (Å²) in [4.78, 5) is 11.8. The zero-order valence-corrected chi connectivity index (χ0v) is 17.3. The van der Waals surface area contributed by atoms with Crippen LogP contribution in [0.4, 0.5) is 0 Å². The summed E-state index contributed by atoms with van der Waals surface area (Å²) in [5.41, 5.74) is 1.68. The molecule has 1 unspecified atom stereocenters. The van der Waals surface area contributed by atoms with Gasteiger partial charge in [-0.25, -0.2) is 4.79 Å². The van der Waals surface area contributed by atoms with Crippen molar-refractivity contribution in [2.75, 3.05) is 6.61 Å². The van der Waals surface area contributed by atoms with Crippen LogP contribution in [0.15, 0.2) is 60.7 Å². The topological polar surface area (TPSA) is 35.5 Å². The fourth-order valence-electron chi connectivity index (χ4n) is 3.16. The van der Waals surface area contributed by atoms with Crippen molar-refractivity contribution in [3.63, 3.8) is 0 Å². The summed E-state index contributed by atoms with van der Waals surface area (Å²) in [6.07, 6.45) is -0.371. The van der Waals surface area contributed by atoms with E-state index >= 15 is 0 Å². The van der Waals surface area contributed by atoms with Crippen LogP contribution in [-0.4, -0.2) is 18.7 Å². The summed E-state index contributed by atoms with van der Waals surface area (Å²) < 4.78 is 11.6. The molecule has 0 saturated carbocycles. The van der Waals surface area contributed by atoms with Crippen molar-refractivity contribution in [1.29, 1.82) is 0 Å². The van der Waals surface area contributed by atoms with Gasteiger partial charge in [-0.05, 0) is 47.7 Å².